The fourth-order valence-electron chi connectivity index (χ4n) is 3.62. The van der Waals surface area contributed by atoms with Crippen LogP contribution in [-0.2, 0) is 14.9 Å². The van der Waals surface area contributed by atoms with Crippen molar-refractivity contribution >= 4 is 17.6 Å². The van der Waals surface area contributed by atoms with E-state index in [0.717, 1.165) is 17.7 Å². The largest absolute Gasteiger partial charge is 0.385 e. The van der Waals surface area contributed by atoms with E-state index in [1.54, 1.807) is 16.9 Å². The summed E-state index contributed by atoms with van der Waals surface area (Å²) in [6.45, 7) is 2.26. The minimum absolute atomic E-state index is 0.0911. The van der Waals surface area contributed by atoms with Crippen LogP contribution in [0.2, 0.25) is 0 Å². The zero-order valence-corrected chi connectivity index (χ0v) is 13.7. The first-order chi connectivity index (χ1) is 11.1. The number of carbonyl (C=O) groups excluding carboxylic acids is 2. The van der Waals surface area contributed by atoms with E-state index >= 15 is 0 Å². The minimum Gasteiger partial charge on any atom is -0.385 e. The first-order valence-electron chi connectivity index (χ1n) is 7.99. The van der Waals surface area contributed by atoms with Gasteiger partial charge in [-0.3, -0.25) is 4.79 Å². The summed E-state index contributed by atoms with van der Waals surface area (Å²) < 4.78 is 4.98. The highest BCUT2D eigenvalue weighted by Gasteiger charge is 2.54. The Hall–Kier alpha value is -2.08. The van der Waals surface area contributed by atoms with E-state index in [1.165, 1.54) is 0 Å². The molecule has 1 N–H and O–H groups in total. The summed E-state index contributed by atoms with van der Waals surface area (Å²) in [4.78, 5) is 28.6. The van der Waals surface area contributed by atoms with Crippen LogP contribution in [0.4, 0.5) is 10.5 Å². The summed E-state index contributed by atoms with van der Waals surface area (Å²) in [7, 11) is 3.45. The number of methoxy groups -OCH3 is 1. The number of amides is 3. The van der Waals surface area contributed by atoms with Gasteiger partial charge in [-0.05, 0) is 24.5 Å². The van der Waals surface area contributed by atoms with E-state index < -0.39 is 5.41 Å². The van der Waals surface area contributed by atoms with E-state index in [2.05, 4.69) is 5.32 Å². The summed E-state index contributed by atoms with van der Waals surface area (Å²) in [6, 6.07) is 7.78. The average molecular weight is 317 g/mol. The molecule has 1 atom stereocenters. The van der Waals surface area contributed by atoms with Crippen molar-refractivity contribution in [2.24, 2.45) is 0 Å². The Morgan fingerprint density at radius 3 is 2.96 bits per heavy atom. The van der Waals surface area contributed by atoms with Gasteiger partial charge in [0.2, 0.25) is 5.91 Å². The van der Waals surface area contributed by atoms with Gasteiger partial charge < -0.3 is 19.9 Å². The number of rotatable bonds is 4. The molecule has 0 bridgehead atoms. The van der Waals surface area contributed by atoms with Crippen molar-refractivity contribution < 1.29 is 14.3 Å². The molecule has 0 aromatic heterocycles. The van der Waals surface area contributed by atoms with Crippen LogP contribution in [0.3, 0.4) is 0 Å². The lowest BCUT2D eigenvalue weighted by Gasteiger charge is -2.23. The molecule has 1 saturated heterocycles. The SMILES string of the molecule is COCCCNC(=O)N1CCC2(C1)C(=O)N(C)c1ccccc12. The first-order valence-corrected chi connectivity index (χ1v) is 7.99. The predicted octanol–water partition coefficient (Wildman–Crippen LogP) is 1.35. The molecule has 0 radical (unpaired) electrons. The van der Waals surface area contributed by atoms with Crippen molar-refractivity contribution in [2.75, 3.05) is 45.3 Å². The van der Waals surface area contributed by atoms with Crippen molar-refractivity contribution in [2.45, 2.75) is 18.3 Å². The molecule has 2 heterocycles. The van der Waals surface area contributed by atoms with Crippen LogP contribution in [0.15, 0.2) is 24.3 Å². The maximum absolute atomic E-state index is 12.8. The molecule has 2 aliphatic rings. The summed E-state index contributed by atoms with van der Waals surface area (Å²) in [5.41, 5.74) is 1.43. The lowest BCUT2D eigenvalue weighted by atomic mass is 9.81. The number of carbonyl (C=O) groups is 2. The molecule has 1 spiro atoms. The van der Waals surface area contributed by atoms with Crippen LogP contribution < -0.4 is 10.2 Å². The number of nitrogens with one attached hydrogen (secondary N) is 1. The Morgan fingerprint density at radius 1 is 1.39 bits per heavy atom. The van der Waals surface area contributed by atoms with Gasteiger partial charge >= 0.3 is 6.03 Å². The maximum atomic E-state index is 12.8. The fourth-order valence-corrected chi connectivity index (χ4v) is 3.62. The number of nitrogens with zero attached hydrogens (tertiary/aromatic N) is 2. The van der Waals surface area contributed by atoms with Crippen LogP contribution in [0.25, 0.3) is 0 Å². The molecular weight excluding hydrogens is 294 g/mol. The van der Waals surface area contributed by atoms with Gasteiger partial charge in [0.25, 0.3) is 0 Å². The second-order valence-electron chi connectivity index (χ2n) is 6.21. The van der Waals surface area contributed by atoms with Gasteiger partial charge in [-0.25, -0.2) is 4.79 Å². The molecule has 0 aliphatic carbocycles. The lowest BCUT2D eigenvalue weighted by molar-refractivity contribution is -0.122. The summed E-state index contributed by atoms with van der Waals surface area (Å²) in [5.74, 6) is 0.0911. The second-order valence-corrected chi connectivity index (χ2v) is 6.21. The van der Waals surface area contributed by atoms with Gasteiger partial charge in [0.1, 0.15) is 0 Å². The zero-order valence-electron chi connectivity index (χ0n) is 13.7. The van der Waals surface area contributed by atoms with Crippen LogP contribution in [-0.4, -0.2) is 57.2 Å². The molecule has 1 fully saturated rings. The van der Waals surface area contributed by atoms with Crippen LogP contribution >= 0.6 is 0 Å². The third kappa shape index (κ3) is 2.57. The minimum atomic E-state index is -0.574. The topological polar surface area (TPSA) is 61.9 Å². The Kier molecular flexibility index (Phi) is 4.26. The maximum Gasteiger partial charge on any atom is 0.317 e. The molecule has 1 aromatic rings. The van der Waals surface area contributed by atoms with Gasteiger partial charge in [0.05, 0.1) is 5.41 Å². The van der Waals surface area contributed by atoms with E-state index in [0.29, 0.717) is 32.7 Å². The Morgan fingerprint density at radius 2 is 2.17 bits per heavy atom. The molecule has 1 unspecified atom stereocenters. The number of likely N-dealkylation sites (tertiary alicyclic amines) is 1. The number of fused-ring (bicyclic) bond motifs is 2. The summed E-state index contributed by atoms with van der Waals surface area (Å²) in [6.07, 6.45) is 1.46. The predicted molar refractivity (Wildman–Crippen MR) is 87.6 cm³/mol. The molecular formula is C17H23N3O3. The highest BCUT2D eigenvalue weighted by Crippen LogP contribution is 2.46. The van der Waals surface area contributed by atoms with Crippen LogP contribution in [0.1, 0.15) is 18.4 Å². The summed E-state index contributed by atoms with van der Waals surface area (Å²) in [5, 5.41) is 2.90. The second kappa shape index (κ2) is 6.20. The number of urea groups is 1. The third-order valence-electron chi connectivity index (χ3n) is 4.85. The standard InChI is InChI=1S/C17H23N3O3/c1-19-14-7-4-3-6-13(14)17(15(19)21)8-10-20(12-17)16(22)18-9-5-11-23-2/h3-4,6-7H,5,8-12H2,1-2H3,(H,18,22). The molecule has 3 amide bonds. The highest BCUT2D eigenvalue weighted by atomic mass is 16.5. The monoisotopic (exact) mass is 317 g/mol. The molecule has 6 heteroatoms. The van der Waals surface area contributed by atoms with Gasteiger partial charge in [0, 0.05) is 46.1 Å². The van der Waals surface area contributed by atoms with Crippen LogP contribution in [0, 0.1) is 0 Å². The molecule has 3 rings (SSSR count). The lowest BCUT2D eigenvalue weighted by Crippen LogP contribution is -2.44. The molecule has 6 nitrogen and oxygen atoms in total. The Bertz CT molecular complexity index is 619. The summed E-state index contributed by atoms with van der Waals surface area (Å²) >= 11 is 0. The zero-order chi connectivity index (χ0) is 16.4. The van der Waals surface area contributed by atoms with Crippen molar-refractivity contribution in [3.8, 4) is 0 Å². The highest BCUT2D eigenvalue weighted by molar-refractivity contribution is 6.08. The first kappa shape index (κ1) is 15.8. The average Bonchev–Trinajstić information content (AvgIpc) is 3.10. The molecule has 23 heavy (non-hydrogen) atoms. The number of benzene rings is 1. The van der Waals surface area contributed by atoms with Crippen molar-refractivity contribution in [3.63, 3.8) is 0 Å². The van der Waals surface area contributed by atoms with E-state index in [4.69, 9.17) is 4.74 Å². The number of hydrogen-bond donors (Lipinski definition) is 1. The Balaban J connectivity index is 1.72. The van der Waals surface area contributed by atoms with E-state index in [1.807, 2.05) is 31.3 Å². The van der Waals surface area contributed by atoms with Gasteiger partial charge in [-0.15, -0.1) is 0 Å². The van der Waals surface area contributed by atoms with E-state index in [-0.39, 0.29) is 11.9 Å². The number of ether oxygens (including phenoxy) is 1. The number of likely N-dealkylation sites (N-methyl/N-ethyl adjacent to an activating group) is 1. The van der Waals surface area contributed by atoms with Crippen molar-refractivity contribution in [1.82, 2.24) is 10.2 Å². The molecule has 2 aliphatic heterocycles. The Labute approximate surface area is 136 Å². The third-order valence-corrected chi connectivity index (χ3v) is 4.85. The van der Waals surface area contributed by atoms with Gasteiger partial charge in [-0.2, -0.15) is 0 Å². The number of hydrogen-bond acceptors (Lipinski definition) is 3. The molecule has 124 valence electrons. The molecule has 0 saturated carbocycles. The van der Waals surface area contributed by atoms with Crippen molar-refractivity contribution in [1.29, 1.82) is 0 Å². The number of anilines is 1. The van der Waals surface area contributed by atoms with Crippen molar-refractivity contribution in [3.05, 3.63) is 29.8 Å². The van der Waals surface area contributed by atoms with E-state index in [9.17, 15) is 9.59 Å². The normalized spacial score (nSPS) is 22.8. The smallest absolute Gasteiger partial charge is 0.317 e. The van der Waals surface area contributed by atoms with Gasteiger partial charge in [0.15, 0.2) is 0 Å². The van der Waals surface area contributed by atoms with Gasteiger partial charge in [-0.1, -0.05) is 18.2 Å². The fraction of sp³-hybridized carbons (Fsp3) is 0.529. The van der Waals surface area contributed by atoms with Crippen LogP contribution in [0.5, 0.6) is 0 Å². The molecule has 1 aromatic carbocycles. The quantitative estimate of drug-likeness (QED) is 0.853. The number of para-hydroxylation sites is 1.